The topological polar surface area (TPSA) is 24.1 Å². The molecule has 0 radical (unpaired) electrons. The molecule has 76 valence electrons. The van der Waals surface area contributed by atoms with Crippen molar-refractivity contribution < 1.29 is 8.78 Å². The highest BCUT2D eigenvalue weighted by atomic mass is 35.5. The van der Waals surface area contributed by atoms with Gasteiger partial charge in [0.05, 0.1) is 13.1 Å². The summed E-state index contributed by atoms with van der Waals surface area (Å²) in [6, 6.07) is 0. The molecule has 0 spiro atoms. The maximum absolute atomic E-state index is 11.5. The molecule has 1 aliphatic rings. The Kier molecular flexibility index (Phi) is 9.37. The van der Waals surface area contributed by atoms with E-state index >= 15 is 0 Å². The van der Waals surface area contributed by atoms with E-state index in [1.54, 1.807) is 0 Å². The van der Waals surface area contributed by atoms with Crippen LogP contribution in [0.15, 0.2) is 0 Å². The molecule has 1 fully saturated rings. The van der Waals surface area contributed by atoms with Gasteiger partial charge in [0.2, 0.25) is 0 Å². The van der Waals surface area contributed by atoms with Crippen molar-refractivity contribution in [1.29, 1.82) is 0 Å². The van der Waals surface area contributed by atoms with E-state index in [-0.39, 0.29) is 25.5 Å². The summed E-state index contributed by atoms with van der Waals surface area (Å²) in [5.41, 5.74) is 0. The molecule has 0 saturated carbocycles. The second-order valence-electron chi connectivity index (χ2n) is 2.56. The van der Waals surface area contributed by atoms with Crippen LogP contribution >= 0.6 is 12.4 Å². The first-order valence-electron chi connectivity index (χ1n) is 3.85. The van der Waals surface area contributed by atoms with Crippen molar-refractivity contribution in [1.82, 2.24) is 10.6 Å². The molecule has 0 unspecified atom stereocenters. The second-order valence-corrected chi connectivity index (χ2v) is 2.56. The summed E-state index contributed by atoms with van der Waals surface area (Å²) >= 11 is 0. The highest BCUT2D eigenvalue weighted by Gasteiger charge is 2.36. The summed E-state index contributed by atoms with van der Waals surface area (Å²) in [5, 5.41) is 5.47. The zero-order valence-electron chi connectivity index (χ0n) is 7.49. The Morgan fingerprint density at radius 3 is 1.83 bits per heavy atom. The van der Waals surface area contributed by atoms with Gasteiger partial charge in [-0.15, -0.1) is 12.4 Å². The van der Waals surface area contributed by atoms with Gasteiger partial charge in [0.25, 0.3) is 5.92 Å². The molecular weight excluding hydrogens is 186 g/mol. The lowest BCUT2D eigenvalue weighted by Crippen LogP contribution is -2.52. The average molecular weight is 203 g/mol. The Hall–Kier alpha value is 0.0700. The van der Waals surface area contributed by atoms with E-state index in [2.05, 4.69) is 17.6 Å². The lowest BCUT2D eigenvalue weighted by atomic mass is 10.2. The maximum atomic E-state index is 11.5. The molecule has 0 atom stereocenters. The van der Waals surface area contributed by atoms with Crippen molar-refractivity contribution in [3.8, 4) is 0 Å². The number of halogens is 3. The molecule has 0 bridgehead atoms. The summed E-state index contributed by atoms with van der Waals surface area (Å²) in [7, 11) is 1.96. The van der Waals surface area contributed by atoms with E-state index in [4.69, 9.17) is 0 Å². The molecular formula is C7H17ClF2N2. The summed E-state index contributed by atoms with van der Waals surface area (Å²) in [6.45, 7) is 3.02. The number of alkyl halides is 2. The van der Waals surface area contributed by atoms with Crippen LogP contribution in [-0.2, 0) is 0 Å². The van der Waals surface area contributed by atoms with E-state index < -0.39 is 5.92 Å². The minimum Gasteiger partial charge on any atom is -0.320 e. The van der Waals surface area contributed by atoms with Crippen molar-refractivity contribution in [2.45, 2.75) is 19.3 Å². The highest BCUT2D eigenvalue weighted by molar-refractivity contribution is 5.85. The minimum atomic E-state index is -2.39. The van der Waals surface area contributed by atoms with Gasteiger partial charge in [-0.1, -0.05) is 6.92 Å². The first-order chi connectivity index (χ1) is 5.12. The Labute approximate surface area is 78.5 Å². The molecule has 2 N–H and O–H groups in total. The standard InChI is InChI=1S/C4H11N.C3H5F2N.ClH/c1-3-4-5-2;4-3(5)1-6-2-3;/h5H,3-4H2,1-2H3;6H,1-2H2;1H. The van der Waals surface area contributed by atoms with Gasteiger partial charge in [0.15, 0.2) is 0 Å². The third kappa shape index (κ3) is 8.17. The second kappa shape index (κ2) is 7.71. The van der Waals surface area contributed by atoms with Gasteiger partial charge < -0.3 is 10.6 Å². The van der Waals surface area contributed by atoms with Gasteiger partial charge in [-0.3, -0.25) is 0 Å². The summed E-state index contributed by atoms with van der Waals surface area (Å²) in [6.07, 6.45) is 1.23. The van der Waals surface area contributed by atoms with Gasteiger partial charge in [-0.2, -0.15) is 0 Å². The van der Waals surface area contributed by atoms with Gasteiger partial charge in [0.1, 0.15) is 0 Å². The third-order valence-corrected chi connectivity index (χ3v) is 1.27. The number of nitrogens with one attached hydrogen (secondary N) is 2. The van der Waals surface area contributed by atoms with Crippen LogP contribution in [0.5, 0.6) is 0 Å². The lowest BCUT2D eigenvalue weighted by Gasteiger charge is -2.25. The van der Waals surface area contributed by atoms with E-state index in [1.165, 1.54) is 6.42 Å². The fourth-order valence-electron chi connectivity index (χ4n) is 0.564. The normalized spacial score (nSPS) is 18.0. The van der Waals surface area contributed by atoms with Crippen LogP contribution in [-0.4, -0.2) is 32.6 Å². The van der Waals surface area contributed by atoms with Crippen molar-refractivity contribution in [2.24, 2.45) is 0 Å². The smallest absolute Gasteiger partial charge is 0.272 e. The van der Waals surface area contributed by atoms with Crippen LogP contribution in [0.4, 0.5) is 8.78 Å². The lowest BCUT2D eigenvalue weighted by molar-refractivity contribution is -0.0475. The quantitative estimate of drug-likeness (QED) is 0.705. The van der Waals surface area contributed by atoms with E-state index in [0.29, 0.717) is 0 Å². The monoisotopic (exact) mass is 202 g/mol. The van der Waals surface area contributed by atoms with Gasteiger partial charge in [-0.25, -0.2) is 8.78 Å². The molecule has 2 nitrogen and oxygen atoms in total. The third-order valence-electron chi connectivity index (χ3n) is 1.27. The van der Waals surface area contributed by atoms with Crippen molar-refractivity contribution in [3.05, 3.63) is 0 Å². The zero-order valence-corrected chi connectivity index (χ0v) is 8.31. The largest absolute Gasteiger partial charge is 0.320 e. The Morgan fingerprint density at radius 2 is 1.83 bits per heavy atom. The van der Waals surface area contributed by atoms with Gasteiger partial charge >= 0.3 is 0 Å². The Morgan fingerprint density at radius 1 is 1.42 bits per heavy atom. The maximum Gasteiger partial charge on any atom is 0.272 e. The molecule has 12 heavy (non-hydrogen) atoms. The Balaban J connectivity index is 0. The number of hydrogen-bond acceptors (Lipinski definition) is 2. The SMILES string of the molecule is CCCNC.Cl.FC1(F)CNC1. The van der Waals surface area contributed by atoms with Crippen molar-refractivity contribution in [2.75, 3.05) is 26.7 Å². The van der Waals surface area contributed by atoms with E-state index in [0.717, 1.165) is 6.54 Å². The minimum absolute atomic E-state index is 0. The predicted molar refractivity (Wildman–Crippen MR) is 49.3 cm³/mol. The highest BCUT2D eigenvalue weighted by Crippen LogP contribution is 2.16. The first kappa shape index (κ1) is 14.6. The molecule has 0 aliphatic carbocycles. The molecule has 1 rings (SSSR count). The van der Waals surface area contributed by atoms with E-state index in [9.17, 15) is 8.78 Å². The molecule has 1 saturated heterocycles. The van der Waals surface area contributed by atoms with Gasteiger partial charge in [-0.05, 0) is 20.0 Å². The average Bonchev–Trinajstić information content (AvgIpc) is 1.88. The number of hydrogen-bond donors (Lipinski definition) is 2. The molecule has 1 heterocycles. The summed E-state index contributed by atoms with van der Waals surface area (Å²) in [4.78, 5) is 0. The first-order valence-corrected chi connectivity index (χ1v) is 3.85. The molecule has 5 heteroatoms. The van der Waals surface area contributed by atoms with Crippen LogP contribution in [0.1, 0.15) is 13.3 Å². The van der Waals surface area contributed by atoms with E-state index in [1.807, 2.05) is 7.05 Å². The van der Waals surface area contributed by atoms with Crippen LogP contribution < -0.4 is 10.6 Å². The van der Waals surface area contributed by atoms with Crippen molar-refractivity contribution >= 4 is 12.4 Å². The molecule has 0 aromatic rings. The number of rotatable bonds is 2. The summed E-state index contributed by atoms with van der Waals surface area (Å²) in [5.74, 6) is -2.39. The Bertz CT molecular complexity index is 93.4. The van der Waals surface area contributed by atoms with Crippen LogP contribution in [0.25, 0.3) is 0 Å². The molecule has 1 aliphatic heterocycles. The zero-order chi connectivity index (χ0) is 8.74. The fourth-order valence-corrected chi connectivity index (χ4v) is 0.564. The van der Waals surface area contributed by atoms with Crippen molar-refractivity contribution in [3.63, 3.8) is 0 Å². The predicted octanol–water partition coefficient (Wildman–Crippen LogP) is 1.26. The molecule has 0 amide bonds. The van der Waals surface area contributed by atoms with Crippen LogP contribution in [0.3, 0.4) is 0 Å². The van der Waals surface area contributed by atoms with Crippen LogP contribution in [0.2, 0.25) is 0 Å². The molecule has 0 aromatic carbocycles. The van der Waals surface area contributed by atoms with Crippen LogP contribution in [0, 0.1) is 0 Å². The summed E-state index contributed by atoms with van der Waals surface area (Å²) < 4.78 is 23.0. The fraction of sp³-hybridized carbons (Fsp3) is 1.00. The van der Waals surface area contributed by atoms with Gasteiger partial charge in [0, 0.05) is 0 Å². The molecule has 0 aromatic heterocycles.